The molecule has 0 unspecified atom stereocenters. The predicted octanol–water partition coefficient (Wildman–Crippen LogP) is 2.32. The van der Waals surface area contributed by atoms with Crippen LogP contribution in [0.1, 0.15) is 11.3 Å². The number of aromatic nitrogens is 2. The number of para-hydroxylation sites is 1. The minimum absolute atomic E-state index is 0.0900. The molecular formula is C18H17IN2O4S. The fourth-order valence-electron chi connectivity index (χ4n) is 2.82. The summed E-state index contributed by atoms with van der Waals surface area (Å²) in [6.45, 7) is 1.34. The van der Waals surface area contributed by atoms with Crippen LogP contribution < -0.4 is 5.56 Å². The second kappa shape index (κ2) is 7.37. The van der Waals surface area contributed by atoms with E-state index >= 15 is 0 Å². The summed E-state index contributed by atoms with van der Waals surface area (Å²) in [5, 5.41) is 9.28. The summed E-state index contributed by atoms with van der Waals surface area (Å²) in [4.78, 5) is 13.0. The van der Waals surface area contributed by atoms with E-state index in [0.29, 0.717) is 11.4 Å². The summed E-state index contributed by atoms with van der Waals surface area (Å²) in [7, 11) is -3.99. The van der Waals surface area contributed by atoms with E-state index in [-0.39, 0.29) is 23.5 Å². The summed E-state index contributed by atoms with van der Waals surface area (Å²) in [6, 6.07) is 15.0. The second-order valence-electron chi connectivity index (χ2n) is 5.69. The van der Waals surface area contributed by atoms with Crippen molar-refractivity contribution in [1.29, 1.82) is 0 Å². The first-order valence-electron chi connectivity index (χ1n) is 7.89. The molecule has 1 heterocycles. The molecule has 0 aliphatic rings. The van der Waals surface area contributed by atoms with Crippen LogP contribution in [0.15, 0.2) is 64.3 Å². The van der Waals surface area contributed by atoms with Gasteiger partial charge in [-0.3, -0.25) is 4.79 Å². The Bertz CT molecular complexity index is 1080. The molecule has 8 heteroatoms. The van der Waals surface area contributed by atoms with Gasteiger partial charge in [-0.2, -0.15) is 12.5 Å². The van der Waals surface area contributed by atoms with Crippen molar-refractivity contribution in [2.45, 2.75) is 18.2 Å². The molecule has 3 aromatic rings. The van der Waals surface area contributed by atoms with Gasteiger partial charge in [0.2, 0.25) is 0 Å². The molecule has 0 saturated carbocycles. The number of halogens is 1. The Labute approximate surface area is 164 Å². The summed E-state index contributed by atoms with van der Waals surface area (Å²) in [5.41, 5.74) is 0.576. The molecule has 0 aliphatic carbocycles. The lowest BCUT2D eigenvalue weighted by Gasteiger charge is -2.14. The first-order chi connectivity index (χ1) is 12.4. The SMILES string of the molecule is Cc1c(CCO)c(=O)n(-c2ccccc2)n1S(=O)(=O)c1ccc(I)cc1. The van der Waals surface area contributed by atoms with Gasteiger partial charge in [0.25, 0.3) is 15.6 Å². The molecule has 0 bridgehead atoms. The first kappa shape index (κ1) is 18.9. The lowest BCUT2D eigenvalue weighted by molar-refractivity contribution is 0.299. The Morgan fingerprint density at radius 3 is 2.23 bits per heavy atom. The van der Waals surface area contributed by atoms with Crippen molar-refractivity contribution in [2.75, 3.05) is 6.61 Å². The summed E-state index contributed by atoms with van der Waals surface area (Å²) >= 11 is 2.10. The van der Waals surface area contributed by atoms with E-state index in [1.54, 1.807) is 49.4 Å². The highest BCUT2D eigenvalue weighted by Gasteiger charge is 2.27. The highest BCUT2D eigenvalue weighted by atomic mass is 127. The molecule has 2 aromatic carbocycles. The molecule has 0 radical (unpaired) electrons. The zero-order valence-corrected chi connectivity index (χ0v) is 16.9. The van der Waals surface area contributed by atoms with Crippen LogP contribution in [-0.4, -0.2) is 28.9 Å². The van der Waals surface area contributed by atoms with Gasteiger partial charge in [0, 0.05) is 22.2 Å². The van der Waals surface area contributed by atoms with Gasteiger partial charge in [-0.05, 0) is 65.9 Å². The van der Waals surface area contributed by atoms with Crippen molar-refractivity contribution in [3.05, 3.63) is 79.8 Å². The zero-order chi connectivity index (χ0) is 18.9. The number of hydrogen-bond donors (Lipinski definition) is 1. The summed E-state index contributed by atoms with van der Waals surface area (Å²) < 4.78 is 29.6. The van der Waals surface area contributed by atoms with Gasteiger partial charge in [0.05, 0.1) is 16.3 Å². The largest absolute Gasteiger partial charge is 0.396 e. The number of rotatable bonds is 5. The van der Waals surface area contributed by atoms with Crippen LogP contribution in [0.4, 0.5) is 0 Å². The molecular weight excluding hydrogens is 467 g/mol. The number of hydrogen-bond acceptors (Lipinski definition) is 4. The van der Waals surface area contributed by atoms with E-state index in [1.807, 2.05) is 0 Å². The van der Waals surface area contributed by atoms with Gasteiger partial charge in [0.1, 0.15) is 0 Å². The van der Waals surface area contributed by atoms with E-state index in [4.69, 9.17) is 0 Å². The number of aliphatic hydroxyl groups is 1. The van der Waals surface area contributed by atoms with Crippen LogP contribution in [0.25, 0.3) is 5.69 Å². The normalized spacial score (nSPS) is 11.7. The molecule has 0 atom stereocenters. The Balaban J connectivity index is 2.35. The van der Waals surface area contributed by atoms with Gasteiger partial charge >= 0.3 is 0 Å². The maximum absolute atomic E-state index is 13.3. The smallest absolute Gasteiger partial charge is 0.282 e. The minimum Gasteiger partial charge on any atom is -0.396 e. The minimum atomic E-state index is -3.99. The Morgan fingerprint density at radius 1 is 1.04 bits per heavy atom. The molecule has 0 saturated heterocycles. The fraction of sp³-hybridized carbons (Fsp3) is 0.167. The van der Waals surface area contributed by atoms with Gasteiger partial charge in [-0.1, -0.05) is 18.2 Å². The number of aliphatic hydroxyl groups excluding tert-OH is 1. The average Bonchev–Trinajstić information content (AvgIpc) is 2.88. The molecule has 26 heavy (non-hydrogen) atoms. The third-order valence-electron chi connectivity index (χ3n) is 4.06. The topological polar surface area (TPSA) is 81.3 Å². The average molecular weight is 484 g/mol. The molecule has 0 aliphatic heterocycles. The zero-order valence-electron chi connectivity index (χ0n) is 14.0. The molecule has 0 fully saturated rings. The molecule has 0 amide bonds. The van der Waals surface area contributed by atoms with Gasteiger partial charge in [0.15, 0.2) is 0 Å². The van der Waals surface area contributed by atoms with Crippen LogP contribution in [0.3, 0.4) is 0 Å². The molecule has 3 rings (SSSR count). The molecule has 6 nitrogen and oxygen atoms in total. The second-order valence-corrected chi connectivity index (χ2v) is 8.71. The Kier molecular flexibility index (Phi) is 5.35. The van der Waals surface area contributed by atoms with E-state index in [1.165, 1.54) is 12.1 Å². The Hall–Kier alpha value is -1.91. The number of benzene rings is 2. The van der Waals surface area contributed by atoms with Crippen LogP contribution in [0.5, 0.6) is 0 Å². The van der Waals surface area contributed by atoms with Crippen molar-refractivity contribution in [3.63, 3.8) is 0 Å². The highest BCUT2D eigenvalue weighted by molar-refractivity contribution is 14.1. The van der Waals surface area contributed by atoms with E-state index in [9.17, 15) is 18.3 Å². The van der Waals surface area contributed by atoms with Crippen molar-refractivity contribution < 1.29 is 13.5 Å². The Morgan fingerprint density at radius 2 is 1.65 bits per heavy atom. The third kappa shape index (κ3) is 3.24. The fourth-order valence-corrected chi connectivity index (χ4v) is 4.71. The van der Waals surface area contributed by atoms with Crippen LogP contribution >= 0.6 is 22.6 Å². The first-order valence-corrected chi connectivity index (χ1v) is 10.4. The van der Waals surface area contributed by atoms with Gasteiger partial charge in [-0.25, -0.2) is 4.68 Å². The summed E-state index contributed by atoms with van der Waals surface area (Å²) in [5.74, 6) is 0. The van der Waals surface area contributed by atoms with Gasteiger partial charge in [-0.15, -0.1) is 0 Å². The van der Waals surface area contributed by atoms with Crippen LogP contribution in [-0.2, 0) is 16.4 Å². The van der Waals surface area contributed by atoms with E-state index in [2.05, 4.69) is 22.6 Å². The molecule has 1 N–H and O–H groups in total. The van der Waals surface area contributed by atoms with E-state index in [0.717, 1.165) is 12.3 Å². The van der Waals surface area contributed by atoms with Gasteiger partial charge < -0.3 is 5.11 Å². The quantitative estimate of drug-likeness (QED) is 0.564. The summed E-state index contributed by atoms with van der Waals surface area (Å²) in [6.07, 6.45) is 0.0900. The number of nitrogens with zero attached hydrogens (tertiary/aromatic N) is 2. The maximum Gasteiger partial charge on any atom is 0.282 e. The van der Waals surface area contributed by atoms with Crippen LogP contribution in [0.2, 0.25) is 0 Å². The monoisotopic (exact) mass is 484 g/mol. The lowest BCUT2D eigenvalue weighted by Crippen LogP contribution is -2.27. The standard InChI is InChI=1S/C18H17IN2O4S/c1-13-17(11-12-22)18(23)20(15-5-3-2-4-6-15)21(13)26(24,25)16-9-7-14(19)8-10-16/h2-10,22H,11-12H2,1H3. The van der Waals surface area contributed by atoms with Crippen molar-refractivity contribution in [3.8, 4) is 5.69 Å². The molecule has 136 valence electrons. The third-order valence-corrected chi connectivity index (χ3v) is 6.54. The van der Waals surface area contributed by atoms with E-state index < -0.39 is 15.6 Å². The van der Waals surface area contributed by atoms with Crippen molar-refractivity contribution in [2.24, 2.45) is 0 Å². The van der Waals surface area contributed by atoms with Crippen molar-refractivity contribution in [1.82, 2.24) is 8.77 Å². The van der Waals surface area contributed by atoms with Crippen molar-refractivity contribution >= 4 is 32.6 Å². The highest BCUT2D eigenvalue weighted by Crippen LogP contribution is 2.21. The lowest BCUT2D eigenvalue weighted by atomic mass is 10.2. The molecule has 1 aromatic heterocycles. The molecule has 0 spiro atoms. The predicted molar refractivity (Wildman–Crippen MR) is 107 cm³/mol. The maximum atomic E-state index is 13.3. The van der Waals surface area contributed by atoms with Crippen LogP contribution in [0, 0.1) is 10.5 Å².